The molecule has 1 aliphatic rings. The summed E-state index contributed by atoms with van der Waals surface area (Å²) >= 11 is 0. The van der Waals surface area contributed by atoms with Crippen molar-refractivity contribution in [2.45, 2.75) is 11.4 Å². The highest BCUT2D eigenvalue weighted by atomic mass is 32.2. The molecule has 160 valence electrons. The molecular weight excluding hydrogens is 430 g/mol. The van der Waals surface area contributed by atoms with E-state index in [0.29, 0.717) is 23.6 Å². The van der Waals surface area contributed by atoms with Crippen LogP contribution in [0, 0.1) is 0 Å². The number of hydrogen-bond donors (Lipinski definition) is 2. The minimum absolute atomic E-state index is 0.0334. The molecule has 0 spiro atoms. The molecule has 5 rings (SSSR count). The molecule has 0 amide bonds. The maximum atomic E-state index is 13.3. The van der Waals surface area contributed by atoms with Gasteiger partial charge in [-0.3, -0.25) is 0 Å². The van der Waals surface area contributed by atoms with E-state index < -0.39 is 16.0 Å². The molecule has 0 fully saturated rings. The number of nitrogens with zero attached hydrogens (tertiary/aromatic N) is 2. The second-order valence-electron chi connectivity index (χ2n) is 7.17. The van der Waals surface area contributed by atoms with E-state index in [2.05, 4.69) is 10.3 Å². The number of aromatic carboxylic acids is 1. The van der Waals surface area contributed by atoms with Gasteiger partial charge in [0.15, 0.2) is 5.75 Å². The lowest BCUT2D eigenvalue weighted by atomic mass is 10.1. The predicted octanol–water partition coefficient (Wildman–Crippen LogP) is 4.20. The Hall–Kier alpha value is -4.11. The Morgan fingerprint density at radius 2 is 1.81 bits per heavy atom. The molecule has 0 bridgehead atoms. The van der Waals surface area contributed by atoms with Gasteiger partial charge in [0.05, 0.1) is 21.8 Å². The smallest absolute Gasteiger partial charge is 0.336 e. The van der Waals surface area contributed by atoms with E-state index in [1.165, 1.54) is 24.4 Å². The normalized spacial score (nSPS) is 12.6. The van der Waals surface area contributed by atoms with Gasteiger partial charge < -0.3 is 15.2 Å². The van der Waals surface area contributed by atoms with Crippen molar-refractivity contribution in [1.82, 2.24) is 8.96 Å². The zero-order valence-corrected chi connectivity index (χ0v) is 17.4. The topological polar surface area (TPSA) is 111 Å². The monoisotopic (exact) mass is 447 g/mol. The van der Waals surface area contributed by atoms with Crippen LogP contribution in [0.3, 0.4) is 0 Å². The van der Waals surface area contributed by atoms with Gasteiger partial charge in [0.2, 0.25) is 0 Å². The largest absolute Gasteiger partial charge is 0.478 e. The van der Waals surface area contributed by atoms with Gasteiger partial charge in [0, 0.05) is 29.9 Å². The van der Waals surface area contributed by atoms with Crippen LogP contribution in [0.15, 0.2) is 84.1 Å². The van der Waals surface area contributed by atoms with E-state index in [0.717, 1.165) is 21.6 Å². The number of nitrogens with one attached hydrogen (secondary N) is 1. The van der Waals surface area contributed by atoms with Crippen LogP contribution in [-0.4, -0.2) is 28.5 Å². The van der Waals surface area contributed by atoms with Crippen LogP contribution in [0.1, 0.15) is 15.9 Å². The van der Waals surface area contributed by atoms with Gasteiger partial charge in [0.25, 0.3) is 10.0 Å². The van der Waals surface area contributed by atoms with Crippen molar-refractivity contribution in [3.05, 3.63) is 90.4 Å². The number of benzene rings is 3. The number of anilines is 1. The minimum Gasteiger partial charge on any atom is -0.478 e. The number of fused-ring (bicyclic) bond motifs is 2. The average Bonchev–Trinajstić information content (AvgIpc) is 3.22. The second kappa shape index (κ2) is 7.54. The molecule has 32 heavy (non-hydrogen) atoms. The number of carboxylic acids is 1. The minimum atomic E-state index is -3.98. The van der Waals surface area contributed by atoms with Crippen LogP contribution in [0.4, 0.5) is 5.69 Å². The maximum Gasteiger partial charge on any atom is 0.336 e. The zero-order valence-electron chi connectivity index (χ0n) is 16.6. The molecule has 0 saturated heterocycles. The fourth-order valence-electron chi connectivity index (χ4n) is 3.54. The average molecular weight is 447 g/mol. The molecule has 0 atom stereocenters. The molecule has 9 heteroatoms. The van der Waals surface area contributed by atoms with Gasteiger partial charge in [0.1, 0.15) is 12.1 Å². The molecule has 0 aliphatic carbocycles. The first-order valence-corrected chi connectivity index (χ1v) is 11.1. The third kappa shape index (κ3) is 3.38. The number of aromatic nitrogens is 2. The van der Waals surface area contributed by atoms with Crippen molar-refractivity contribution >= 4 is 21.7 Å². The van der Waals surface area contributed by atoms with Crippen LogP contribution in [0.5, 0.6) is 11.5 Å². The van der Waals surface area contributed by atoms with Gasteiger partial charge in [-0.25, -0.2) is 22.2 Å². The van der Waals surface area contributed by atoms with E-state index in [9.17, 15) is 18.3 Å². The number of hydrogen-bond acceptors (Lipinski definition) is 6. The Morgan fingerprint density at radius 3 is 2.66 bits per heavy atom. The van der Waals surface area contributed by atoms with Crippen LogP contribution in [0.2, 0.25) is 0 Å². The Kier molecular flexibility index (Phi) is 4.67. The Balaban J connectivity index is 1.52. The molecule has 3 aromatic carbocycles. The number of para-hydroxylation sites is 2. The van der Waals surface area contributed by atoms with Crippen molar-refractivity contribution in [3.63, 3.8) is 0 Å². The molecular formula is C23H17N3O5S. The highest BCUT2D eigenvalue weighted by Gasteiger charge is 2.23. The highest BCUT2D eigenvalue weighted by molar-refractivity contribution is 7.90. The molecule has 4 aromatic rings. The Bertz CT molecular complexity index is 1460. The summed E-state index contributed by atoms with van der Waals surface area (Å²) in [6, 6.07) is 18.4. The van der Waals surface area contributed by atoms with E-state index in [-0.39, 0.29) is 16.2 Å². The molecule has 1 aliphatic heterocycles. The lowest BCUT2D eigenvalue weighted by molar-refractivity contribution is 0.0697. The fraction of sp³-hybridized carbons (Fsp3) is 0.0435. The highest BCUT2D eigenvalue weighted by Crippen LogP contribution is 2.36. The molecule has 8 nitrogen and oxygen atoms in total. The standard InChI is InChI=1S/C23H17N3O5S/c27-23(28)18-6-2-1-5-17(18)20-13-26(14-25-20)32(29,30)16-10-9-15-12-24-19-7-3-4-8-21(19)31-22(15)11-16/h1-11,13-14,24H,12H2,(H,27,28). The lowest BCUT2D eigenvalue weighted by Crippen LogP contribution is -2.11. The van der Waals surface area contributed by atoms with Gasteiger partial charge in [-0.05, 0) is 24.3 Å². The quantitative estimate of drug-likeness (QED) is 0.482. The number of carboxylic acid groups (broad SMARTS) is 1. The van der Waals surface area contributed by atoms with Crippen molar-refractivity contribution in [1.29, 1.82) is 0 Å². The van der Waals surface area contributed by atoms with E-state index in [1.54, 1.807) is 30.3 Å². The molecule has 0 unspecified atom stereocenters. The first kappa shape index (κ1) is 19.8. The summed E-state index contributed by atoms with van der Waals surface area (Å²) in [5.74, 6) is -0.0640. The number of imidazole rings is 1. The Morgan fingerprint density at radius 1 is 1.03 bits per heavy atom. The summed E-state index contributed by atoms with van der Waals surface area (Å²) in [6.45, 7) is 0.494. The second-order valence-corrected chi connectivity index (χ2v) is 9.01. The third-order valence-electron chi connectivity index (χ3n) is 5.18. The molecule has 0 radical (unpaired) electrons. The summed E-state index contributed by atoms with van der Waals surface area (Å²) in [5, 5.41) is 12.7. The van der Waals surface area contributed by atoms with Gasteiger partial charge in [-0.1, -0.05) is 36.4 Å². The van der Waals surface area contributed by atoms with Gasteiger partial charge in [-0.15, -0.1) is 0 Å². The first-order chi connectivity index (χ1) is 15.4. The molecule has 2 N–H and O–H groups in total. The van der Waals surface area contributed by atoms with Crippen LogP contribution < -0.4 is 10.1 Å². The van der Waals surface area contributed by atoms with E-state index in [1.807, 2.05) is 18.2 Å². The van der Waals surface area contributed by atoms with Crippen LogP contribution in [0.25, 0.3) is 11.3 Å². The number of ether oxygens (including phenoxy) is 1. The van der Waals surface area contributed by atoms with Crippen molar-refractivity contribution in [2.75, 3.05) is 5.32 Å². The zero-order chi connectivity index (χ0) is 22.3. The fourth-order valence-corrected chi connectivity index (χ4v) is 4.69. The number of rotatable bonds is 4. The van der Waals surface area contributed by atoms with Crippen molar-refractivity contribution in [2.24, 2.45) is 0 Å². The van der Waals surface area contributed by atoms with Crippen LogP contribution in [-0.2, 0) is 16.6 Å². The maximum absolute atomic E-state index is 13.3. The lowest BCUT2D eigenvalue weighted by Gasteiger charge is -2.11. The summed E-state index contributed by atoms with van der Waals surface area (Å²) in [7, 11) is -3.98. The summed E-state index contributed by atoms with van der Waals surface area (Å²) < 4.78 is 33.5. The Labute approximate surface area is 183 Å². The van der Waals surface area contributed by atoms with Crippen molar-refractivity contribution < 1.29 is 23.1 Å². The summed E-state index contributed by atoms with van der Waals surface area (Å²) in [6.07, 6.45) is 2.47. The first-order valence-electron chi connectivity index (χ1n) is 9.69. The molecule has 0 saturated carbocycles. The van der Waals surface area contributed by atoms with Gasteiger partial charge in [-0.2, -0.15) is 0 Å². The van der Waals surface area contributed by atoms with Crippen LogP contribution >= 0.6 is 0 Å². The van der Waals surface area contributed by atoms with E-state index in [4.69, 9.17) is 4.74 Å². The van der Waals surface area contributed by atoms with E-state index >= 15 is 0 Å². The third-order valence-corrected chi connectivity index (χ3v) is 6.79. The molecule has 2 heterocycles. The summed E-state index contributed by atoms with van der Waals surface area (Å²) in [5.41, 5.74) is 2.27. The SMILES string of the molecule is O=C(O)c1ccccc1-c1cn(S(=O)(=O)c2ccc3c(c2)Oc2ccccc2NC3)cn1. The molecule has 1 aromatic heterocycles. The van der Waals surface area contributed by atoms with Crippen molar-refractivity contribution in [3.8, 4) is 22.8 Å². The van der Waals surface area contributed by atoms with Gasteiger partial charge >= 0.3 is 5.97 Å². The predicted molar refractivity (Wildman–Crippen MR) is 117 cm³/mol. The summed E-state index contributed by atoms with van der Waals surface area (Å²) in [4.78, 5) is 15.7. The number of carbonyl (C=O) groups is 1.